The maximum atomic E-state index is 13.9. The van der Waals surface area contributed by atoms with Crippen LogP contribution in [0.4, 0.5) is 15.8 Å². The smallest absolute Gasteiger partial charge is 0.290 e. The molecule has 2 aromatic heterocycles. The predicted octanol–water partition coefficient (Wildman–Crippen LogP) is 4.26. The van der Waals surface area contributed by atoms with Crippen molar-refractivity contribution in [1.29, 1.82) is 0 Å². The third-order valence-electron chi connectivity index (χ3n) is 6.93. The molecule has 40 heavy (non-hydrogen) atoms. The summed E-state index contributed by atoms with van der Waals surface area (Å²) in [4.78, 5) is 57.2. The lowest BCUT2D eigenvalue weighted by molar-refractivity contribution is 0.0984. The zero-order valence-corrected chi connectivity index (χ0v) is 22.2. The second kappa shape index (κ2) is 9.92. The molecule has 10 nitrogen and oxygen atoms in total. The van der Waals surface area contributed by atoms with E-state index in [9.17, 15) is 23.6 Å². The number of fused-ring (bicyclic) bond motifs is 1. The summed E-state index contributed by atoms with van der Waals surface area (Å²) in [5.74, 6) is -2.19. The lowest BCUT2D eigenvalue weighted by atomic mass is 9.99. The molecule has 4 aromatic rings. The summed E-state index contributed by atoms with van der Waals surface area (Å²) >= 11 is 0. The number of hydrogen-bond acceptors (Lipinski definition) is 6. The highest BCUT2D eigenvalue weighted by Gasteiger charge is 2.40. The number of rotatable bonds is 6. The van der Waals surface area contributed by atoms with Gasteiger partial charge < -0.3 is 20.5 Å². The Hall–Kier alpha value is -5.06. The number of anilines is 2. The van der Waals surface area contributed by atoms with E-state index in [2.05, 4.69) is 10.3 Å². The number of benzene rings is 2. The molecule has 3 amide bonds. The zero-order valence-electron chi connectivity index (χ0n) is 22.2. The average Bonchev–Trinajstić information content (AvgIpc) is 3.34. The van der Waals surface area contributed by atoms with E-state index in [1.807, 2.05) is 6.92 Å². The predicted molar refractivity (Wildman–Crippen MR) is 146 cm³/mol. The number of aryl methyl sites for hydroxylation is 3. The van der Waals surface area contributed by atoms with Crippen LogP contribution in [-0.2, 0) is 7.05 Å². The van der Waals surface area contributed by atoms with E-state index in [4.69, 9.17) is 10.3 Å². The lowest BCUT2D eigenvalue weighted by Gasteiger charge is -2.25. The molecule has 0 fully saturated rings. The first kappa shape index (κ1) is 26.5. The topological polar surface area (TPSA) is 141 Å². The number of amides is 3. The van der Waals surface area contributed by atoms with Gasteiger partial charge in [-0.3, -0.25) is 19.2 Å². The van der Waals surface area contributed by atoms with Crippen LogP contribution in [0.5, 0.6) is 0 Å². The van der Waals surface area contributed by atoms with Gasteiger partial charge in [0.1, 0.15) is 17.3 Å². The molecule has 0 spiro atoms. The highest BCUT2D eigenvalue weighted by Crippen LogP contribution is 2.41. The fraction of sp³-hybridized carbons (Fsp3) is 0.207. The fourth-order valence-corrected chi connectivity index (χ4v) is 5.15. The van der Waals surface area contributed by atoms with Crippen LogP contribution >= 0.6 is 0 Å². The van der Waals surface area contributed by atoms with E-state index in [-0.39, 0.29) is 28.4 Å². The van der Waals surface area contributed by atoms with Crippen molar-refractivity contribution in [1.82, 2.24) is 9.72 Å². The van der Waals surface area contributed by atoms with Gasteiger partial charge in [-0.25, -0.2) is 9.37 Å². The molecular weight excluding hydrogens is 517 g/mol. The van der Waals surface area contributed by atoms with Crippen molar-refractivity contribution in [2.75, 3.05) is 10.2 Å². The number of halogens is 1. The molecule has 0 radical (unpaired) electrons. The Balaban J connectivity index is 1.51. The van der Waals surface area contributed by atoms with Crippen LogP contribution in [0.1, 0.15) is 67.6 Å². The number of aromatic nitrogens is 2. The molecule has 5 rings (SSSR count). The van der Waals surface area contributed by atoms with Gasteiger partial charge in [-0.2, -0.15) is 4.74 Å². The molecule has 3 heterocycles. The largest absolute Gasteiger partial charge is 0.381 e. The third kappa shape index (κ3) is 4.35. The highest BCUT2D eigenvalue weighted by molar-refractivity contribution is 6.15. The number of nitrogens with one attached hydrogen (secondary N) is 1. The lowest BCUT2D eigenvalue weighted by Crippen LogP contribution is -2.28. The number of hydrogen-bond donors (Lipinski definition) is 2. The molecule has 204 valence electrons. The Kier molecular flexibility index (Phi) is 6.58. The minimum absolute atomic E-state index is 0.0526. The van der Waals surface area contributed by atoms with Crippen molar-refractivity contribution < 1.29 is 23.3 Å². The van der Waals surface area contributed by atoms with Crippen molar-refractivity contribution in [2.24, 2.45) is 12.8 Å². The van der Waals surface area contributed by atoms with Crippen LogP contribution in [0.3, 0.4) is 0 Å². The Morgan fingerprint density at radius 3 is 2.40 bits per heavy atom. The van der Waals surface area contributed by atoms with Gasteiger partial charge in [-0.15, -0.1) is 0 Å². The number of nitrogens with two attached hydrogens (primary N) is 1. The van der Waals surface area contributed by atoms with Gasteiger partial charge in [-0.1, -0.05) is 19.1 Å². The van der Waals surface area contributed by atoms with E-state index >= 15 is 0 Å². The van der Waals surface area contributed by atoms with Gasteiger partial charge in [0.05, 0.1) is 17.2 Å². The molecule has 11 heteroatoms. The monoisotopic (exact) mass is 543 g/mol. The summed E-state index contributed by atoms with van der Waals surface area (Å²) < 4.78 is 20.5. The Morgan fingerprint density at radius 1 is 1.10 bits per heavy atom. The van der Waals surface area contributed by atoms with Crippen LogP contribution < -0.4 is 21.5 Å². The molecule has 0 bridgehead atoms. The molecule has 1 aliphatic rings. The van der Waals surface area contributed by atoms with Crippen LogP contribution in [0.2, 0.25) is 0 Å². The Labute approximate surface area is 228 Å². The van der Waals surface area contributed by atoms with Crippen molar-refractivity contribution >= 4 is 29.1 Å². The van der Waals surface area contributed by atoms with Crippen LogP contribution in [0.25, 0.3) is 11.1 Å². The maximum Gasteiger partial charge on any atom is 0.290 e. The molecule has 3 N–H and O–H groups in total. The van der Waals surface area contributed by atoms with E-state index in [0.717, 1.165) is 16.9 Å². The number of carbonyl (C=O) groups is 3. The van der Waals surface area contributed by atoms with E-state index in [0.29, 0.717) is 45.8 Å². The minimum Gasteiger partial charge on any atom is -0.381 e. The van der Waals surface area contributed by atoms with Crippen LogP contribution in [-0.4, -0.2) is 27.4 Å². The summed E-state index contributed by atoms with van der Waals surface area (Å²) in [6.07, 6.45) is 0.481. The minimum atomic E-state index is -0.968. The maximum absolute atomic E-state index is 13.9. The summed E-state index contributed by atoms with van der Waals surface area (Å²) in [7, 11) is 1.54. The fourth-order valence-electron chi connectivity index (χ4n) is 5.15. The van der Waals surface area contributed by atoms with Crippen molar-refractivity contribution in [3.63, 3.8) is 0 Å². The third-order valence-corrected chi connectivity index (χ3v) is 6.93. The molecular formula is C29H26FN5O5. The number of nitrogens with zero attached hydrogens (tertiary/aromatic N) is 3. The summed E-state index contributed by atoms with van der Waals surface area (Å²) in [6, 6.07) is 11.6. The molecule has 2 aromatic carbocycles. The first-order valence-electron chi connectivity index (χ1n) is 12.5. The number of carbonyl (C=O) groups excluding carboxylic acids is 3. The van der Waals surface area contributed by atoms with E-state index < -0.39 is 23.7 Å². The normalized spacial score (nSPS) is 14.4. The Bertz CT molecular complexity index is 1760. The number of pyridine rings is 1. The van der Waals surface area contributed by atoms with Crippen LogP contribution in [0.15, 0.2) is 57.8 Å². The first-order valence-corrected chi connectivity index (χ1v) is 12.5. The second-order valence-electron chi connectivity index (χ2n) is 9.56. The summed E-state index contributed by atoms with van der Waals surface area (Å²) in [6.45, 7) is 5.29. The van der Waals surface area contributed by atoms with Gasteiger partial charge in [0.15, 0.2) is 0 Å². The molecule has 0 saturated heterocycles. The van der Waals surface area contributed by atoms with E-state index in [1.165, 1.54) is 13.1 Å². The summed E-state index contributed by atoms with van der Waals surface area (Å²) in [5, 5.41) is 2.64. The van der Waals surface area contributed by atoms with E-state index in [1.54, 1.807) is 49.1 Å². The zero-order chi connectivity index (χ0) is 28.9. The van der Waals surface area contributed by atoms with Gasteiger partial charge in [0, 0.05) is 35.2 Å². The molecule has 1 aliphatic heterocycles. The molecule has 0 aliphatic carbocycles. The first-order chi connectivity index (χ1) is 19.0. The highest BCUT2D eigenvalue weighted by atomic mass is 19.1. The molecule has 0 saturated carbocycles. The quantitative estimate of drug-likeness (QED) is 0.372. The van der Waals surface area contributed by atoms with Gasteiger partial charge >= 0.3 is 0 Å². The standard InChI is InChI=1S/C29H26FN5O5/c1-5-22-24-20(12-14(2)32-25(24)27(37)33-17-8-11-21(30)19(13-17)26(31)36)28(38)35(22)18-9-6-16(7-10-18)23-15(3)40-34(4)29(23)39/h6-13,22H,5H2,1-4H3,(H2,31,36)(H,33,37)/t22-/m1/s1. The van der Waals surface area contributed by atoms with Crippen LogP contribution in [0, 0.1) is 19.7 Å². The summed E-state index contributed by atoms with van der Waals surface area (Å²) in [5.41, 5.74) is 7.78. The van der Waals surface area contributed by atoms with Gasteiger partial charge in [0.2, 0.25) is 0 Å². The Morgan fingerprint density at radius 2 is 1.80 bits per heavy atom. The van der Waals surface area contributed by atoms with Gasteiger partial charge in [0.25, 0.3) is 23.3 Å². The second-order valence-corrected chi connectivity index (χ2v) is 9.56. The SMILES string of the molecule is CC[C@@H]1c2c(cc(C)nc2C(=O)Nc2ccc(F)c(C(N)=O)c2)C(=O)N1c1ccc(-c2c(C)on(C)c2=O)cc1. The van der Waals surface area contributed by atoms with Crippen molar-refractivity contribution in [3.8, 4) is 11.1 Å². The van der Waals surface area contributed by atoms with Gasteiger partial charge in [-0.05, 0) is 62.2 Å². The molecule has 1 atom stereocenters. The van der Waals surface area contributed by atoms with Crippen molar-refractivity contribution in [3.05, 3.63) is 98.5 Å². The molecule has 0 unspecified atom stereocenters. The number of primary amides is 1. The average molecular weight is 544 g/mol. The van der Waals surface area contributed by atoms with Crippen molar-refractivity contribution in [2.45, 2.75) is 33.2 Å².